The van der Waals surface area contributed by atoms with Gasteiger partial charge < -0.3 is 15.2 Å². The molecule has 0 aliphatic carbocycles. The molecule has 0 aliphatic rings. The SMILES string of the molecule is COC(C(N)=O)=C(OC)c1ccccc1. The third kappa shape index (κ3) is 2.49. The summed E-state index contributed by atoms with van der Waals surface area (Å²) >= 11 is 0. The topological polar surface area (TPSA) is 61.5 Å². The van der Waals surface area contributed by atoms with Crippen LogP contribution in [0.25, 0.3) is 5.76 Å². The van der Waals surface area contributed by atoms with Crippen LogP contribution >= 0.6 is 0 Å². The van der Waals surface area contributed by atoms with Crippen molar-refractivity contribution in [3.8, 4) is 0 Å². The molecule has 1 aromatic rings. The Balaban J connectivity index is 3.23. The molecule has 2 N–H and O–H groups in total. The summed E-state index contributed by atoms with van der Waals surface area (Å²) in [6.07, 6.45) is 0. The summed E-state index contributed by atoms with van der Waals surface area (Å²) in [4.78, 5) is 11.1. The monoisotopic (exact) mass is 207 g/mol. The minimum Gasteiger partial charge on any atom is -0.492 e. The number of rotatable bonds is 4. The minimum atomic E-state index is -0.654. The molecule has 0 aliphatic heterocycles. The van der Waals surface area contributed by atoms with E-state index in [1.807, 2.05) is 18.2 Å². The zero-order chi connectivity index (χ0) is 11.3. The molecule has 0 heterocycles. The number of hydrogen-bond donors (Lipinski definition) is 1. The Kier molecular flexibility index (Phi) is 3.74. The molecule has 80 valence electrons. The van der Waals surface area contributed by atoms with Crippen molar-refractivity contribution in [2.45, 2.75) is 0 Å². The fourth-order valence-corrected chi connectivity index (χ4v) is 1.24. The third-order valence-electron chi connectivity index (χ3n) is 1.87. The molecule has 0 radical (unpaired) electrons. The van der Waals surface area contributed by atoms with Gasteiger partial charge in [-0.15, -0.1) is 0 Å². The number of carbonyl (C=O) groups is 1. The van der Waals surface area contributed by atoms with Gasteiger partial charge in [0.1, 0.15) is 0 Å². The number of hydrogen-bond acceptors (Lipinski definition) is 3. The fourth-order valence-electron chi connectivity index (χ4n) is 1.24. The van der Waals surface area contributed by atoms with Crippen molar-refractivity contribution in [2.75, 3.05) is 14.2 Å². The molecule has 15 heavy (non-hydrogen) atoms. The molecule has 0 unspecified atom stereocenters. The average Bonchev–Trinajstić information content (AvgIpc) is 2.26. The van der Waals surface area contributed by atoms with Crippen LogP contribution in [-0.2, 0) is 14.3 Å². The molecule has 1 aromatic carbocycles. The van der Waals surface area contributed by atoms with Crippen molar-refractivity contribution >= 4 is 11.7 Å². The van der Waals surface area contributed by atoms with Crippen molar-refractivity contribution in [2.24, 2.45) is 5.73 Å². The van der Waals surface area contributed by atoms with Crippen LogP contribution in [0.4, 0.5) is 0 Å². The average molecular weight is 207 g/mol. The van der Waals surface area contributed by atoms with E-state index in [1.165, 1.54) is 14.2 Å². The number of methoxy groups -OCH3 is 2. The van der Waals surface area contributed by atoms with E-state index in [4.69, 9.17) is 15.2 Å². The molecule has 4 heteroatoms. The maximum Gasteiger partial charge on any atom is 0.287 e. The molecule has 0 fully saturated rings. The Hall–Kier alpha value is -1.97. The van der Waals surface area contributed by atoms with Gasteiger partial charge in [0.25, 0.3) is 5.91 Å². The van der Waals surface area contributed by atoms with Crippen LogP contribution in [0, 0.1) is 0 Å². The van der Waals surface area contributed by atoms with Crippen LogP contribution in [0.15, 0.2) is 36.1 Å². The van der Waals surface area contributed by atoms with Crippen molar-refractivity contribution in [3.05, 3.63) is 41.7 Å². The van der Waals surface area contributed by atoms with E-state index in [1.54, 1.807) is 12.1 Å². The standard InChI is InChI=1S/C11H13NO3/c1-14-9(10(15-2)11(12)13)8-6-4-3-5-7-8/h3-7H,1-2H3,(H2,12,13). The van der Waals surface area contributed by atoms with E-state index in [-0.39, 0.29) is 5.76 Å². The second-order valence-corrected chi connectivity index (χ2v) is 2.80. The number of ether oxygens (including phenoxy) is 2. The third-order valence-corrected chi connectivity index (χ3v) is 1.87. The van der Waals surface area contributed by atoms with E-state index in [0.717, 1.165) is 5.56 Å². The van der Waals surface area contributed by atoms with Crippen LogP contribution in [0.2, 0.25) is 0 Å². The second kappa shape index (κ2) is 5.05. The highest BCUT2D eigenvalue weighted by atomic mass is 16.5. The molecular weight excluding hydrogens is 194 g/mol. The Morgan fingerprint density at radius 1 is 1.13 bits per heavy atom. The number of carbonyl (C=O) groups excluding carboxylic acids is 1. The molecular formula is C11H13NO3. The molecule has 0 atom stereocenters. The van der Waals surface area contributed by atoms with Gasteiger partial charge in [0.05, 0.1) is 14.2 Å². The van der Waals surface area contributed by atoms with Crippen molar-refractivity contribution in [1.29, 1.82) is 0 Å². The highest BCUT2D eigenvalue weighted by molar-refractivity contribution is 5.96. The first-order chi connectivity index (χ1) is 7.20. The normalized spacial score (nSPS) is 11.6. The summed E-state index contributed by atoms with van der Waals surface area (Å²) in [5, 5.41) is 0. The lowest BCUT2D eigenvalue weighted by Crippen LogP contribution is -2.17. The van der Waals surface area contributed by atoms with Gasteiger partial charge in [0.15, 0.2) is 5.76 Å². The predicted octanol–water partition coefficient (Wildman–Crippen LogP) is 1.13. The van der Waals surface area contributed by atoms with Gasteiger partial charge in [0.2, 0.25) is 5.76 Å². The van der Waals surface area contributed by atoms with E-state index in [2.05, 4.69) is 0 Å². The number of nitrogens with two attached hydrogens (primary N) is 1. The Morgan fingerprint density at radius 3 is 2.13 bits per heavy atom. The quantitative estimate of drug-likeness (QED) is 0.594. The summed E-state index contributed by atoms with van der Waals surface area (Å²) in [5.41, 5.74) is 5.91. The summed E-state index contributed by atoms with van der Waals surface area (Å²) in [6.45, 7) is 0. The predicted molar refractivity (Wildman–Crippen MR) is 56.6 cm³/mol. The van der Waals surface area contributed by atoms with E-state index in [9.17, 15) is 4.79 Å². The van der Waals surface area contributed by atoms with Gasteiger partial charge in [0, 0.05) is 5.56 Å². The first-order valence-electron chi connectivity index (χ1n) is 4.38. The molecule has 0 saturated heterocycles. The van der Waals surface area contributed by atoms with Gasteiger partial charge in [-0.25, -0.2) is 0 Å². The van der Waals surface area contributed by atoms with Crippen LogP contribution in [0.3, 0.4) is 0 Å². The van der Waals surface area contributed by atoms with Gasteiger partial charge in [-0.2, -0.15) is 0 Å². The number of benzene rings is 1. The Morgan fingerprint density at radius 2 is 1.73 bits per heavy atom. The van der Waals surface area contributed by atoms with Gasteiger partial charge >= 0.3 is 0 Å². The zero-order valence-electron chi connectivity index (χ0n) is 8.69. The van der Waals surface area contributed by atoms with Crippen LogP contribution in [0.5, 0.6) is 0 Å². The van der Waals surface area contributed by atoms with E-state index in [0.29, 0.717) is 5.76 Å². The first-order valence-corrected chi connectivity index (χ1v) is 4.38. The lowest BCUT2D eigenvalue weighted by atomic mass is 10.1. The fraction of sp³-hybridized carbons (Fsp3) is 0.182. The van der Waals surface area contributed by atoms with E-state index < -0.39 is 5.91 Å². The Labute approximate surface area is 88.3 Å². The summed E-state index contributed by atoms with van der Waals surface area (Å²) in [5.74, 6) is -0.299. The molecule has 1 rings (SSSR count). The van der Waals surface area contributed by atoms with Gasteiger partial charge in [-0.3, -0.25) is 4.79 Å². The smallest absolute Gasteiger partial charge is 0.287 e. The van der Waals surface area contributed by atoms with Crippen molar-refractivity contribution in [3.63, 3.8) is 0 Å². The first kappa shape index (κ1) is 11.1. The van der Waals surface area contributed by atoms with Gasteiger partial charge in [-0.1, -0.05) is 30.3 Å². The van der Waals surface area contributed by atoms with E-state index >= 15 is 0 Å². The van der Waals surface area contributed by atoms with Gasteiger partial charge in [-0.05, 0) is 0 Å². The second-order valence-electron chi connectivity index (χ2n) is 2.80. The molecule has 1 amide bonds. The van der Waals surface area contributed by atoms with Crippen molar-refractivity contribution < 1.29 is 14.3 Å². The highest BCUT2D eigenvalue weighted by Crippen LogP contribution is 2.19. The lowest BCUT2D eigenvalue weighted by molar-refractivity contribution is -0.117. The van der Waals surface area contributed by atoms with Crippen LogP contribution < -0.4 is 5.73 Å². The van der Waals surface area contributed by atoms with Crippen LogP contribution in [0.1, 0.15) is 5.56 Å². The minimum absolute atomic E-state index is 0.0173. The maximum absolute atomic E-state index is 11.1. The highest BCUT2D eigenvalue weighted by Gasteiger charge is 2.15. The number of amides is 1. The largest absolute Gasteiger partial charge is 0.492 e. The molecule has 0 bridgehead atoms. The lowest BCUT2D eigenvalue weighted by Gasteiger charge is -2.10. The molecule has 4 nitrogen and oxygen atoms in total. The summed E-state index contributed by atoms with van der Waals surface area (Å²) in [6, 6.07) is 9.15. The maximum atomic E-state index is 11.1. The number of primary amides is 1. The van der Waals surface area contributed by atoms with Crippen molar-refractivity contribution in [1.82, 2.24) is 0 Å². The van der Waals surface area contributed by atoms with Crippen LogP contribution in [-0.4, -0.2) is 20.1 Å². The molecule has 0 aromatic heterocycles. The molecule has 0 saturated carbocycles. The Bertz CT molecular complexity index is 371. The zero-order valence-corrected chi connectivity index (χ0v) is 8.69. The summed E-state index contributed by atoms with van der Waals surface area (Å²) < 4.78 is 10.0. The summed E-state index contributed by atoms with van der Waals surface area (Å²) in [7, 11) is 2.84. The molecule has 0 spiro atoms.